The topological polar surface area (TPSA) is 89.1 Å². The number of hydrogen-bond donors (Lipinski definition) is 1. The first-order valence-electron chi connectivity index (χ1n) is 17.9. The molecule has 3 saturated heterocycles. The second-order valence-electron chi connectivity index (χ2n) is 13.7. The predicted molar refractivity (Wildman–Crippen MR) is 201 cm³/mol. The van der Waals surface area contributed by atoms with E-state index in [1.54, 1.807) is 14.2 Å². The molecule has 11 heteroatoms. The molecule has 2 aromatic heterocycles. The number of aromatic nitrogens is 2. The summed E-state index contributed by atoms with van der Waals surface area (Å²) in [5.74, 6) is 1.28. The summed E-state index contributed by atoms with van der Waals surface area (Å²) in [6, 6.07) is 20.0. The van der Waals surface area contributed by atoms with Crippen LogP contribution in [0.1, 0.15) is 49.7 Å². The highest BCUT2D eigenvalue weighted by atomic mass is 35.5. The molecule has 51 heavy (non-hydrogen) atoms. The minimum atomic E-state index is 0.121. The van der Waals surface area contributed by atoms with Crippen molar-refractivity contribution < 1.29 is 19.0 Å². The SMILES string of the molecule is COc1nc(-c2cccc(-c3cccc(-c4ccc(CN5CCC6(CCO6)CC5)c(OC)n4)c3Cl)c2Cl)ccc1CN1CCCCC(=O)NCC1. The summed E-state index contributed by atoms with van der Waals surface area (Å²) < 4.78 is 17.5. The van der Waals surface area contributed by atoms with E-state index in [9.17, 15) is 4.79 Å². The Hall–Kier alpha value is -3.73. The minimum absolute atomic E-state index is 0.121. The van der Waals surface area contributed by atoms with Crippen LogP contribution < -0.4 is 14.8 Å². The number of ether oxygens (including phenoxy) is 3. The highest BCUT2D eigenvalue weighted by Gasteiger charge is 2.41. The molecule has 0 aliphatic carbocycles. The third kappa shape index (κ3) is 7.88. The summed E-state index contributed by atoms with van der Waals surface area (Å²) in [5.41, 5.74) is 6.77. The number of nitrogens with one attached hydrogen (secondary N) is 1. The third-order valence-electron chi connectivity index (χ3n) is 10.5. The first-order valence-corrected chi connectivity index (χ1v) is 18.6. The van der Waals surface area contributed by atoms with Crippen LogP contribution in [0.25, 0.3) is 33.6 Å². The average molecular weight is 731 g/mol. The van der Waals surface area contributed by atoms with Crippen LogP contribution >= 0.6 is 23.2 Å². The van der Waals surface area contributed by atoms with Crippen LogP contribution in [0.15, 0.2) is 60.7 Å². The van der Waals surface area contributed by atoms with Gasteiger partial charge in [0.15, 0.2) is 0 Å². The molecule has 2 aromatic carbocycles. The summed E-state index contributed by atoms with van der Waals surface area (Å²) in [7, 11) is 3.31. The number of benzene rings is 2. The molecule has 1 amide bonds. The third-order valence-corrected chi connectivity index (χ3v) is 11.3. The highest BCUT2D eigenvalue weighted by Crippen LogP contribution is 2.43. The maximum absolute atomic E-state index is 11.9. The number of carbonyl (C=O) groups is 1. The lowest BCUT2D eigenvalue weighted by Crippen LogP contribution is -2.52. The number of methoxy groups -OCH3 is 2. The van der Waals surface area contributed by atoms with Gasteiger partial charge in [0.1, 0.15) is 0 Å². The Morgan fingerprint density at radius 1 is 0.725 bits per heavy atom. The van der Waals surface area contributed by atoms with Gasteiger partial charge in [-0.2, -0.15) is 0 Å². The maximum atomic E-state index is 11.9. The molecule has 3 aliphatic heterocycles. The molecule has 3 fully saturated rings. The summed E-state index contributed by atoms with van der Waals surface area (Å²) in [6.45, 7) is 6.67. The van der Waals surface area contributed by atoms with Gasteiger partial charge in [0, 0.05) is 79.1 Å². The monoisotopic (exact) mass is 729 g/mol. The van der Waals surface area contributed by atoms with Gasteiger partial charge in [-0.3, -0.25) is 14.6 Å². The Kier molecular flexibility index (Phi) is 11.1. The molecule has 1 spiro atoms. The van der Waals surface area contributed by atoms with Crippen molar-refractivity contribution in [1.82, 2.24) is 25.1 Å². The second-order valence-corrected chi connectivity index (χ2v) is 14.5. The summed E-state index contributed by atoms with van der Waals surface area (Å²) in [6.07, 6.45) is 5.76. The minimum Gasteiger partial charge on any atom is -0.481 e. The van der Waals surface area contributed by atoms with Gasteiger partial charge < -0.3 is 19.5 Å². The lowest BCUT2D eigenvalue weighted by Gasteiger charge is -2.47. The van der Waals surface area contributed by atoms with Gasteiger partial charge in [0.05, 0.1) is 47.9 Å². The fourth-order valence-corrected chi connectivity index (χ4v) is 8.08. The maximum Gasteiger partial charge on any atom is 0.220 e. The van der Waals surface area contributed by atoms with Crippen molar-refractivity contribution in [3.05, 3.63) is 81.8 Å². The van der Waals surface area contributed by atoms with Gasteiger partial charge >= 0.3 is 0 Å². The zero-order valence-corrected chi connectivity index (χ0v) is 30.9. The van der Waals surface area contributed by atoms with Crippen LogP contribution in [-0.4, -0.2) is 84.8 Å². The second kappa shape index (κ2) is 15.9. The number of rotatable bonds is 9. The molecule has 9 nitrogen and oxygen atoms in total. The molecule has 0 atom stereocenters. The molecule has 0 saturated carbocycles. The first-order chi connectivity index (χ1) is 24.9. The van der Waals surface area contributed by atoms with Crippen molar-refractivity contribution in [3.63, 3.8) is 0 Å². The normalized spacial score (nSPS) is 18.3. The molecule has 3 aliphatic rings. The molecule has 4 aromatic rings. The number of hydrogen-bond acceptors (Lipinski definition) is 8. The van der Waals surface area contributed by atoms with Crippen LogP contribution in [0, 0.1) is 0 Å². The summed E-state index contributed by atoms with van der Waals surface area (Å²) >= 11 is 14.3. The fraction of sp³-hybridized carbons (Fsp3) is 0.425. The molecular formula is C40H45Cl2N5O4. The van der Waals surface area contributed by atoms with Crippen LogP contribution in [0.5, 0.6) is 11.8 Å². The first kappa shape index (κ1) is 35.7. The molecule has 0 radical (unpaired) electrons. The van der Waals surface area contributed by atoms with Gasteiger partial charge in [-0.25, -0.2) is 9.97 Å². The molecule has 1 N–H and O–H groups in total. The Bertz CT molecular complexity index is 1870. The largest absolute Gasteiger partial charge is 0.481 e. The standard InChI is InChI=1S/C40H45Cl2N5O4/c1-49-38-27(25-46-20-4-3-11-35(48)43-19-23-46)12-14-33(44-38)31-9-5-7-29(36(31)41)30-8-6-10-32(37(30)42)34-15-13-28(39(45-34)50-2)26-47-21-16-40(17-22-47)18-24-51-40/h5-10,12-15H,3-4,11,16-26H2,1-2H3,(H,43,48). The van der Waals surface area contributed by atoms with Gasteiger partial charge in [0.25, 0.3) is 0 Å². The number of carbonyl (C=O) groups excluding carboxylic acids is 1. The van der Waals surface area contributed by atoms with Crippen LogP contribution in [0.4, 0.5) is 0 Å². The van der Waals surface area contributed by atoms with E-state index in [-0.39, 0.29) is 11.5 Å². The van der Waals surface area contributed by atoms with Crippen molar-refractivity contribution in [3.8, 4) is 45.4 Å². The van der Waals surface area contributed by atoms with Crippen molar-refractivity contribution in [2.45, 2.75) is 57.2 Å². The molecule has 0 bridgehead atoms. The number of likely N-dealkylation sites (tertiary alicyclic amines) is 1. The lowest BCUT2D eigenvalue weighted by molar-refractivity contribution is -0.173. The van der Waals surface area contributed by atoms with Crippen LogP contribution in [-0.2, 0) is 22.6 Å². The zero-order chi connectivity index (χ0) is 35.4. The van der Waals surface area contributed by atoms with E-state index < -0.39 is 0 Å². The Morgan fingerprint density at radius 3 is 1.76 bits per heavy atom. The van der Waals surface area contributed by atoms with Crippen molar-refractivity contribution in [2.24, 2.45) is 0 Å². The van der Waals surface area contributed by atoms with Gasteiger partial charge in [0.2, 0.25) is 17.7 Å². The van der Waals surface area contributed by atoms with E-state index in [1.165, 1.54) is 6.42 Å². The summed E-state index contributed by atoms with van der Waals surface area (Å²) in [4.78, 5) is 26.5. The Morgan fingerprint density at radius 2 is 1.25 bits per heavy atom. The predicted octanol–water partition coefficient (Wildman–Crippen LogP) is 7.66. The smallest absolute Gasteiger partial charge is 0.220 e. The average Bonchev–Trinajstić information content (AvgIpc) is 3.23. The Labute approximate surface area is 310 Å². The Balaban J connectivity index is 1.11. The summed E-state index contributed by atoms with van der Waals surface area (Å²) in [5, 5.41) is 4.11. The molecular weight excluding hydrogens is 685 g/mol. The van der Waals surface area contributed by atoms with Gasteiger partial charge in [-0.1, -0.05) is 71.7 Å². The van der Waals surface area contributed by atoms with Crippen LogP contribution in [0.2, 0.25) is 10.0 Å². The molecule has 268 valence electrons. The van der Waals surface area contributed by atoms with E-state index in [2.05, 4.69) is 27.2 Å². The van der Waals surface area contributed by atoms with Crippen LogP contribution in [0.3, 0.4) is 0 Å². The van der Waals surface area contributed by atoms with E-state index in [1.807, 2.05) is 48.5 Å². The zero-order valence-electron chi connectivity index (χ0n) is 29.4. The molecule has 7 rings (SSSR count). The van der Waals surface area contributed by atoms with E-state index in [4.69, 9.17) is 47.4 Å². The van der Waals surface area contributed by atoms with Crippen molar-refractivity contribution in [2.75, 3.05) is 53.6 Å². The molecule has 5 heterocycles. The number of halogens is 2. The number of piperidine rings is 1. The number of pyridine rings is 2. The van der Waals surface area contributed by atoms with E-state index >= 15 is 0 Å². The van der Waals surface area contributed by atoms with E-state index in [0.717, 1.165) is 104 Å². The highest BCUT2D eigenvalue weighted by molar-refractivity contribution is 6.39. The fourth-order valence-electron chi connectivity index (χ4n) is 7.43. The van der Waals surface area contributed by atoms with Gasteiger partial charge in [-0.05, 0) is 50.8 Å². The van der Waals surface area contributed by atoms with Crippen molar-refractivity contribution in [1.29, 1.82) is 0 Å². The quantitative estimate of drug-likeness (QED) is 0.188. The lowest BCUT2D eigenvalue weighted by atomic mass is 9.84. The number of nitrogens with zero attached hydrogens (tertiary/aromatic N) is 4. The van der Waals surface area contributed by atoms with E-state index in [0.29, 0.717) is 47.0 Å². The number of amides is 1. The van der Waals surface area contributed by atoms with Gasteiger partial charge in [-0.15, -0.1) is 0 Å². The van der Waals surface area contributed by atoms with Crippen molar-refractivity contribution >= 4 is 29.1 Å². The molecule has 0 unspecified atom stereocenters.